The van der Waals surface area contributed by atoms with Crippen molar-refractivity contribution in [2.45, 2.75) is 38.0 Å². The van der Waals surface area contributed by atoms with Crippen molar-refractivity contribution in [3.05, 3.63) is 29.6 Å². The van der Waals surface area contributed by atoms with Crippen LogP contribution in [0.25, 0.3) is 0 Å². The zero-order chi connectivity index (χ0) is 15.0. The summed E-state index contributed by atoms with van der Waals surface area (Å²) in [6.45, 7) is 3.45. The average Bonchev–Trinajstić information content (AvgIpc) is 2.75. The van der Waals surface area contributed by atoms with E-state index in [9.17, 15) is 18.3 Å². The number of aromatic nitrogens is 1. The number of aliphatic hydroxyl groups is 1. The molecule has 0 radical (unpaired) electrons. The highest BCUT2D eigenvalue weighted by Crippen LogP contribution is 2.33. The van der Waals surface area contributed by atoms with Crippen molar-refractivity contribution in [2.24, 2.45) is 0 Å². The summed E-state index contributed by atoms with van der Waals surface area (Å²) < 4.78 is 38.0. The van der Waals surface area contributed by atoms with Crippen LogP contribution in [0.15, 0.2) is 18.3 Å². The lowest BCUT2D eigenvalue weighted by Crippen LogP contribution is -2.50. The topological polar surface area (TPSA) is 36.4 Å². The number of aryl methyl sites for hydroxylation is 1. The Balaban J connectivity index is 2.00. The van der Waals surface area contributed by atoms with Gasteiger partial charge in [0.15, 0.2) is 5.60 Å². The van der Waals surface area contributed by atoms with Gasteiger partial charge in [-0.1, -0.05) is 0 Å². The van der Waals surface area contributed by atoms with Crippen LogP contribution in [0.5, 0.6) is 0 Å². The number of alkyl halides is 3. The molecule has 20 heavy (non-hydrogen) atoms. The maximum Gasteiger partial charge on any atom is 0.418 e. The maximum atomic E-state index is 12.7. The SMILES string of the molecule is Cc1ccnc([C@H]2CCN(C[C@@](C)(O)C(F)(F)F)C2)c1. The second kappa shape index (κ2) is 5.33. The van der Waals surface area contributed by atoms with Crippen molar-refractivity contribution in [1.82, 2.24) is 9.88 Å². The molecule has 112 valence electrons. The Bertz CT molecular complexity index is 474. The van der Waals surface area contributed by atoms with Gasteiger partial charge in [-0.25, -0.2) is 0 Å². The number of pyridine rings is 1. The second-order valence-electron chi connectivity index (χ2n) is 5.75. The maximum absolute atomic E-state index is 12.7. The molecule has 1 aromatic rings. The lowest BCUT2D eigenvalue weighted by Gasteiger charge is -2.30. The summed E-state index contributed by atoms with van der Waals surface area (Å²) in [4.78, 5) is 5.94. The summed E-state index contributed by atoms with van der Waals surface area (Å²) in [5.74, 6) is 0.138. The molecule has 1 aliphatic rings. The fourth-order valence-electron chi connectivity index (χ4n) is 2.53. The minimum atomic E-state index is -4.60. The van der Waals surface area contributed by atoms with Gasteiger partial charge in [-0.15, -0.1) is 0 Å². The summed E-state index contributed by atoms with van der Waals surface area (Å²) in [5.41, 5.74) is -0.656. The Labute approximate surface area is 116 Å². The predicted molar refractivity (Wildman–Crippen MR) is 69.5 cm³/mol. The quantitative estimate of drug-likeness (QED) is 0.928. The fourth-order valence-corrected chi connectivity index (χ4v) is 2.53. The Kier molecular flexibility index (Phi) is 4.07. The van der Waals surface area contributed by atoms with E-state index in [2.05, 4.69) is 4.98 Å². The van der Waals surface area contributed by atoms with Gasteiger partial charge in [0.05, 0.1) is 0 Å². The highest BCUT2D eigenvalue weighted by atomic mass is 19.4. The molecule has 1 saturated heterocycles. The molecule has 6 heteroatoms. The smallest absolute Gasteiger partial charge is 0.380 e. The monoisotopic (exact) mass is 288 g/mol. The Morgan fingerprint density at radius 2 is 2.15 bits per heavy atom. The minimum Gasteiger partial charge on any atom is -0.380 e. The van der Waals surface area contributed by atoms with E-state index in [0.717, 1.165) is 24.6 Å². The number of rotatable bonds is 3. The summed E-state index contributed by atoms with van der Waals surface area (Å²) in [6, 6.07) is 3.86. The van der Waals surface area contributed by atoms with E-state index in [4.69, 9.17) is 0 Å². The molecule has 2 rings (SSSR count). The molecular weight excluding hydrogens is 269 g/mol. The fraction of sp³-hybridized carbons (Fsp3) is 0.643. The Hall–Kier alpha value is -1.14. The molecule has 3 nitrogen and oxygen atoms in total. The van der Waals surface area contributed by atoms with Gasteiger partial charge in [-0.05, 0) is 44.5 Å². The Morgan fingerprint density at radius 3 is 2.75 bits per heavy atom. The summed E-state index contributed by atoms with van der Waals surface area (Å²) in [5, 5.41) is 9.53. The molecule has 1 N–H and O–H groups in total. The van der Waals surface area contributed by atoms with Crippen LogP contribution >= 0.6 is 0 Å². The van der Waals surface area contributed by atoms with E-state index >= 15 is 0 Å². The molecule has 0 amide bonds. The van der Waals surface area contributed by atoms with Gasteiger partial charge in [0.2, 0.25) is 0 Å². The standard InChI is InChI=1S/C14H19F3N2O/c1-10-3-5-18-12(7-10)11-4-6-19(8-11)9-13(2,20)14(15,16)17/h3,5,7,11,20H,4,6,8-9H2,1-2H3/t11-,13+/m0/s1. The lowest BCUT2D eigenvalue weighted by atomic mass is 10.0. The van der Waals surface area contributed by atoms with Crippen LogP contribution < -0.4 is 0 Å². The van der Waals surface area contributed by atoms with Crippen LogP contribution in [0.4, 0.5) is 13.2 Å². The number of nitrogens with zero attached hydrogens (tertiary/aromatic N) is 2. The first-order chi connectivity index (χ1) is 9.19. The summed E-state index contributed by atoms with van der Waals surface area (Å²) in [6.07, 6.45) is -2.11. The number of hydrogen-bond donors (Lipinski definition) is 1. The average molecular weight is 288 g/mol. The van der Waals surface area contributed by atoms with Crippen molar-refractivity contribution in [3.8, 4) is 0 Å². The zero-order valence-electron chi connectivity index (χ0n) is 11.6. The van der Waals surface area contributed by atoms with Crippen LogP contribution in [0.3, 0.4) is 0 Å². The molecule has 0 unspecified atom stereocenters. The van der Waals surface area contributed by atoms with Gasteiger partial charge >= 0.3 is 6.18 Å². The van der Waals surface area contributed by atoms with E-state index in [1.165, 1.54) is 0 Å². The molecule has 1 aliphatic heterocycles. The van der Waals surface area contributed by atoms with Crippen molar-refractivity contribution >= 4 is 0 Å². The molecule has 0 bridgehead atoms. The first-order valence-corrected chi connectivity index (χ1v) is 6.63. The van der Waals surface area contributed by atoms with Crippen LogP contribution in [-0.2, 0) is 0 Å². The van der Waals surface area contributed by atoms with E-state index in [1.807, 2.05) is 19.1 Å². The van der Waals surface area contributed by atoms with Gasteiger partial charge in [0, 0.05) is 30.9 Å². The molecule has 0 aliphatic carbocycles. The molecule has 2 heterocycles. The minimum absolute atomic E-state index is 0.138. The molecule has 2 atom stereocenters. The molecule has 0 spiro atoms. The van der Waals surface area contributed by atoms with E-state index in [1.54, 1.807) is 11.1 Å². The summed E-state index contributed by atoms with van der Waals surface area (Å²) >= 11 is 0. The number of halogens is 3. The van der Waals surface area contributed by atoms with Crippen LogP contribution in [0, 0.1) is 6.92 Å². The Morgan fingerprint density at radius 1 is 1.45 bits per heavy atom. The normalized spacial score (nSPS) is 23.8. The van der Waals surface area contributed by atoms with E-state index in [-0.39, 0.29) is 5.92 Å². The molecule has 0 aromatic carbocycles. The van der Waals surface area contributed by atoms with Crippen molar-refractivity contribution in [3.63, 3.8) is 0 Å². The van der Waals surface area contributed by atoms with Crippen LogP contribution in [0.2, 0.25) is 0 Å². The molecule has 1 aromatic heterocycles. The van der Waals surface area contributed by atoms with Gasteiger partial charge < -0.3 is 5.11 Å². The third-order valence-corrected chi connectivity index (χ3v) is 3.77. The molecule has 0 saturated carbocycles. The predicted octanol–water partition coefficient (Wildman–Crippen LogP) is 2.49. The van der Waals surface area contributed by atoms with Crippen molar-refractivity contribution < 1.29 is 18.3 Å². The van der Waals surface area contributed by atoms with Gasteiger partial charge in [0.25, 0.3) is 0 Å². The van der Waals surface area contributed by atoms with Gasteiger partial charge in [-0.2, -0.15) is 13.2 Å². The third kappa shape index (κ3) is 3.30. The number of β-amino-alcohol motifs (C(OH)–C–C–N with tert-alkyl or cyclic N) is 1. The number of likely N-dealkylation sites (tertiary alicyclic amines) is 1. The zero-order valence-corrected chi connectivity index (χ0v) is 11.6. The van der Waals surface area contributed by atoms with E-state index < -0.39 is 18.3 Å². The van der Waals surface area contributed by atoms with Crippen molar-refractivity contribution in [1.29, 1.82) is 0 Å². The second-order valence-corrected chi connectivity index (χ2v) is 5.75. The van der Waals surface area contributed by atoms with Crippen LogP contribution in [0.1, 0.15) is 30.5 Å². The highest BCUT2D eigenvalue weighted by Gasteiger charge is 2.51. The van der Waals surface area contributed by atoms with E-state index in [0.29, 0.717) is 13.1 Å². The van der Waals surface area contributed by atoms with Gasteiger partial charge in [0.1, 0.15) is 0 Å². The van der Waals surface area contributed by atoms with Gasteiger partial charge in [-0.3, -0.25) is 9.88 Å². The first-order valence-electron chi connectivity index (χ1n) is 6.63. The number of hydrogen-bond acceptors (Lipinski definition) is 3. The molecule has 1 fully saturated rings. The van der Waals surface area contributed by atoms with Crippen molar-refractivity contribution in [2.75, 3.05) is 19.6 Å². The largest absolute Gasteiger partial charge is 0.418 e. The molecular formula is C14H19F3N2O. The first kappa shape index (κ1) is 15.3. The third-order valence-electron chi connectivity index (χ3n) is 3.77. The lowest BCUT2D eigenvalue weighted by molar-refractivity contribution is -0.256. The highest BCUT2D eigenvalue weighted by molar-refractivity contribution is 5.19. The van der Waals surface area contributed by atoms with Crippen LogP contribution in [-0.4, -0.2) is 46.4 Å². The summed E-state index contributed by atoms with van der Waals surface area (Å²) in [7, 11) is 0.